The van der Waals surface area contributed by atoms with Crippen molar-refractivity contribution in [3.05, 3.63) is 59.0 Å². The molecule has 0 saturated carbocycles. The van der Waals surface area contributed by atoms with Crippen LogP contribution in [0, 0.1) is 5.92 Å². The Balaban J connectivity index is 2.18. The van der Waals surface area contributed by atoms with Gasteiger partial charge in [0.2, 0.25) is 0 Å². The first-order valence-corrected chi connectivity index (χ1v) is 8.33. The third-order valence-electron chi connectivity index (χ3n) is 3.78. The van der Waals surface area contributed by atoms with Crippen molar-refractivity contribution in [3.63, 3.8) is 0 Å². The van der Waals surface area contributed by atoms with Crippen LogP contribution in [-0.4, -0.2) is 13.1 Å². The van der Waals surface area contributed by atoms with Crippen molar-refractivity contribution in [1.82, 2.24) is 0 Å². The highest BCUT2D eigenvalue weighted by atomic mass is 32.2. The van der Waals surface area contributed by atoms with Crippen LogP contribution in [-0.2, 0) is 15.3 Å². The standard InChI is InChI=1S/C18H22O2S/c1-3-8-15-11-7-12-16(17(15)18(19)20-2)21-13-14-9-5-4-6-10-14/h3-6,9-10,15H,1,7-8,11-13H2,2H3. The molecule has 1 aliphatic carbocycles. The number of methoxy groups -OCH3 is 1. The van der Waals surface area contributed by atoms with Crippen LogP contribution in [0.2, 0.25) is 0 Å². The second-order valence-corrected chi connectivity index (χ2v) is 6.29. The topological polar surface area (TPSA) is 26.3 Å². The molecule has 112 valence electrons. The molecule has 1 aliphatic rings. The zero-order valence-electron chi connectivity index (χ0n) is 12.5. The van der Waals surface area contributed by atoms with Crippen LogP contribution in [0.15, 0.2) is 53.5 Å². The van der Waals surface area contributed by atoms with E-state index in [2.05, 4.69) is 18.7 Å². The van der Waals surface area contributed by atoms with E-state index in [0.717, 1.165) is 37.0 Å². The van der Waals surface area contributed by atoms with Crippen LogP contribution in [0.3, 0.4) is 0 Å². The molecule has 0 aromatic heterocycles. The fourth-order valence-electron chi connectivity index (χ4n) is 2.74. The van der Waals surface area contributed by atoms with Gasteiger partial charge in [-0.25, -0.2) is 4.79 Å². The summed E-state index contributed by atoms with van der Waals surface area (Å²) < 4.78 is 5.00. The van der Waals surface area contributed by atoms with Crippen LogP contribution in [0.5, 0.6) is 0 Å². The van der Waals surface area contributed by atoms with Gasteiger partial charge in [-0.1, -0.05) is 36.4 Å². The smallest absolute Gasteiger partial charge is 0.334 e. The number of hydrogen-bond donors (Lipinski definition) is 0. The molecule has 0 N–H and O–H groups in total. The number of thioether (sulfide) groups is 1. The van der Waals surface area contributed by atoms with E-state index in [4.69, 9.17) is 4.74 Å². The molecule has 0 fully saturated rings. The highest BCUT2D eigenvalue weighted by molar-refractivity contribution is 8.02. The summed E-state index contributed by atoms with van der Waals surface area (Å²) in [6.07, 6.45) is 5.91. The highest BCUT2D eigenvalue weighted by Crippen LogP contribution is 2.39. The van der Waals surface area contributed by atoms with Gasteiger partial charge in [0.1, 0.15) is 0 Å². The fourth-order valence-corrected chi connectivity index (χ4v) is 3.97. The molecule has 1 atom stereocenters. The van der Waals surface area contributed by atoms with Gasteiger partial charge in [-0.15, -0.1) is 18.3 Å². The number of ether oxygens (including phenoxy) is 1. The highest BCUT2D eigenvalue weighted by Gasteiger charge is 2.28. The normalized spacial score (nSPS) is 18.4. The minimum absolute atomic E-state index is 0.169. The van der Waals surface area contributed by atoms with Gasteiger partial charge in [-0.3, -0.25) is 0 Å². The van der Waals surface area contributed by atoms with Crippen molar-refractivity contribution in [3.8, 4) is 0 Å². The summed E-state index contributed by atoms with van der Waals surface area (Å²) in [6.45, 7) is 3.81. The lowest BCUT2D eigenvalue weighted by Crippen LogP contribution is -2.19. The zero-order valence-corrected chi connectivity index (χ0v) is 13.3. The number of carbonyl (C=O) groups excluding carboxylic acids is 1. The Hall–Kier alpha value is -1.48. The van der Waals surface area contributed by atoms with Gasteiger partial charge in [0.05, 0.1) is 12.7 Å². The summed E-state index contributed by atoms with van der Waals surface area (Å²) in [7, 11) is 1.47. The van der Waals surface area contributed by atoms with Crippen LogP contribution >= 0.6 is 11.8 Å². The number of esters is 1. The maximum absolute atomic E-state index is 12.1. The van der Waals surface area contributed by atoms with Crippen molar-refractivity contribution < 1.29 is 9.53 Å². The van der Waals surface area contributed by atoms with Gasteiger partial charge in [0.15, 0.2) is 0 Å². The number of hydrogen-bond acceptors (Lipinski definition) is 3. The summed E-state index contributed by atoms with van der Waals surface area (Å²) in [5.74, 6) is 0.997. The van der Waals surface area contributed by atoms with Crippen molar-refractivity contribution in [2.45, 2.75) is 31.4 Å². The Morgan fingerprint density at radius 2 is 2.19 bits per heavy atom. The number of rotatable bonds is 6. The Kier molecular flexibility index (Phi) is 6.12. The van der Waals surface area contributed by atoms with Gasteiger partial charge in [0.25, 0.3) is 0 Å². The molecule has 0 radical (unpaired) electrons. The molecule has 1 unspecified atom stereocenters. The second-order valence-electron chi connectivity index (χ2n) is 5.22. The fraction of sp³-hybridized carbons (Fsp3) is 0.389. The third-order valence-corrected chi connectivity index (χ3v) is 5.03. The molecule has 21 heavy (non-hydrogen) atoms. The monoisotopic (exact) mass is 302 g/mol. The zero-order chi connectivity index (χ0) is 15.1. The molecule has 0 saturated heterocycles. The molecular formula is C18H22O2S. The SMILES string of the molecule is C=CCC1CCCC(SCc2ccccc2)=C1C(=O)OC. The Bertz CT molecular complexity index is 519. The van der Waals surface area contributed by atoms with Crippen LogP contribution in [0.4, 0.5) is 0 Å². The molecule has 0 bridgehead atoms. The van der Waals surface area contributed by atoms with E-state index >= 15 is 0 Å². The number of benzene rings is 1. The van der Waals surface area contributed by atoms with Crippen molar-refractivity contribution in [1.29, 1.82) is 0 Å². The summed E-state index contributed by atoms with van der Waals surface area (Å²) in [5, 5.41) is 0. The van der Waals surface area contributed by atoms with E-state index in [-0.39, 0.29) is 11.9 Å². The third kappa shape index (κ3) is 4.24. The molecule has 1 aromatic carbocycles. The molecule has 2 nitrogen and oxygen atoms in total. The maximum Gasteiger partial charge on any atom is 0.334 e. The van der Waals surface area contributed by atoms with Crippen LogP contribution in [0.25, 0.3) is 0 Å². The molecule has 2 rings (SSSR count). The summed E-state index contributed by atoms with van der Waals surface area (Å²) in [5.41, 5.74) is 2.16. The van der Waals surface area contributed by atoms with E-state index in [9.17, 15) is 4.79 Å². The Morgan fingerprint density at radius 3 is 2.86 bits per heavy atom. The van der Waals surface area contributed by atoms with Gasteiger partial charge < -0.3 is 4.74 Å². The first-order valence-electron chi connectivity index (χ1n) is 7.35. The van der Waals surface area contributed by atoms with Crippen molar-refractivity contribution in [2.24, 2.45) is 5.92 Å². The average molecular weight is 302 g/mol. The summed E-state index contributed by atoms with van der Waals surface area (Å²) in [4.78, 5) is 13.3. The molecule has 3 heteroatoms. The van der Waals surface area contributed by atoms with Crippen molar-refractivity contribution in [2.75, 3.05) is 7.11 Å². The molecule has 0 heterocycles. The lowest BCUT2D eigenvalue weighted by Gasteiger charge is -2.26. The van der Waals surface area contributed by atoms with Gasteiger partial charge in [-0.2, -0.15) is 0 Å². The molecule has 0 amide bonds. The van der Waals surface area contributed by atoms with Gasteiger partial charge in [0, 0.05) is 5.75 Å². The van der Waals surface area contributed by atoms with E-state index in [0.29, 0.717) is 0 Å². The second kappa shape index (κ2) is 8.08. The summed E-state index contributed by atoms with van der Waals surface area (Å²) in [6, 6.07) is 10.4. The number of allylic oxidation sites excluding steroid dienone is 2. The quantitative estimate of drug-likeness (QED) is 0.561. The summed E-state index contributed by atoms with van der Waals surface area (Å²) >= 11 is 1.78. The van der Waals surface area contributed by atoms with Gasteiger partial charge in [-0.05, 0) is 42.1 Å². The van der Waals surface area contributed by atoms with Crippen LogP contribution < -0.4 is 0 Å². The lowest BCUT2D eigenvalue weighted by atomic mass is 9.85. The van der Waals surface area contributed by atoms with Crippen LogP contribution in [0.1, 0.15) is 31.2 Å². The number of carbonyl (C=O) groups is 1. The molecule has 0 aliphatic heterocycles. The maximum atomic E-state index is 12.1. The van der Waals surface area contributed by atoms with E-state index in [1.807, 2.05) is 24.3 Å². The Labute approximate surface area is 131 Å². The van der Waals surface area contributed by atoms with E-state index in [1.54, 1.807) is 11.8 Å². The first-order chi connectivity index (χ1) is 10.3. The van der Waals surface area contributed by atoms with Gasteiger partial charge >= 0.3 is 5.97 Å². The minimum Gasteiger partial charge on any atom is -0.466 e. The predicted octanol–water partition coefficient (Wildman–Crippen LogP) is 4.72. The first kappa shape index (κ1) is 15.9. The molecule has 0 spiro atoms. The molecular weight excluding hydrogens is 280 g/mol. The van der Waals surface area contributed by atoms with Crippen molar-refractivity contribution >= 4 is 17.7 Å². The Morgan fingerprint density at radius 1 is 1.43 bits per heavy atom. The predicted molar refractivity (Wildman–Crippen MR) is 88.9 cm³/mol. The molecule has 1 aromatic rings. The van der Waals surface area contributed by atoms with E-state index < -0.39 is 0 Å². The minimum atomic E-state index is -0.169. The lowest BCUT2D eigenvalue weighted by molar-refractivity contribution is -0.136. The van der Waals surface area contributed by atoms with E-state index in [1.165, 1.54) is 17.6 Å². The largest absolute Gasteiger partial charge is 0.466 e. The average Bonchev–Trinajstić information content (AvgIpc) is 2.53.